The molecule has 6 nitrogen and oxygen atoms in total. The first-order valence-electron chi connectivity index (χ1n) is 7.98. The van der Waals surface area contributed by atoms with Crippen molar-refractivity contribution in [1.29, 1.82) is 0 Å². The fourth-order valence-corrected chi connectivity index (χ4v) is 3.22. The van der Waals surface area contributed by atoms with Crippen molar-refractivity contribution in [2.75, 3.05) is 11.9 Å². The molecule has 8 heteroatoms. The third kappa shape index (κ3) is 5.03. The number of nitrogens with zero attached hydrogens (tertiary/aromatic N) is 2. The average molecular weight is 433 g/mol. The van der Waals surface area contributed by atoms with Crippen LogP contribution in [-0.4, -0.2) is 28.1 Å². The Hall–Kier alpha value is -2.45. The number of rotatable bonds is 7. The minimum atomic E-state index is -0.173. The monoisotopic (exact) mass is 432 g/mol. The van der Waals surface area contributed by atoms with E-state index < -0.39 is 0 Å². The number of amides is 2. The van der Waals surface area contributed by atoms with Crippen molar-refractivity contribution in [3.8, 4) is 0 Å². The van der Waals surface area contributed by atoms with Gasteiger partial charge in [-0.3, -0.25) is 9.59 Å². The number of nitrogens with one attached hydrogen (secondary N) is 2. The number of aromatic nitrogens is 2. The normalized spacial score (nSPS) is 10.5. The highest BCUT2D eigenvalue weighted by atomic mass is 79.9. The molecule has 2 heterocycles. The Kier molecular flexibility index (Phi) is 6.19. The lowest BCUT2D eigenvalue weighted by Crippen LogP contribution is -2.27. The van der Waals surface area contributed by atoms with E-state index in [4.69, 9.17) is 0 Å². The van der Waals surface area contributed by atoms with E-state index in [-0.39, 0.29) is 24.8 Å². The molecule has 0 saturated heterocycles. The maximum absolute atomic E-state index is 12.1. The van der Waals surface area contributed by atoms with Crippen LogP contribution in [0.15, 0.2) is 57.8 Å². The van der Waals surface area contributed by atoms with E-state index in [0.717, 1.165) is 10.0 Å². The van der Waals surface area contributed by atoms with Crippen LogP contribution < -0.4 is 10.6 Å². The van der Waals surface area contributed by atoms with E-state index in [1.165, 1.54) is 11.3 Å². The van der Waals surface area contributed by atoms with E-state index in [0.29, 0.717) is 17.9 Å². The second kappa shape index (κ2) is 8.77. The summed E-state index contributed by atoms with van der Waals surface area (Å²) in [6, 6.07) is 11.4. The molecule has 0 spiro atoms. The fraction of sp³-hybridized carbons (Fsp3) is 0.167. The molecule has 0 unspecified atom stereocenters. The van der Waals surface area contributed by atoms with Crippen LogP contribution in [-0.2, 0) is 11.3 Å². The van der Waals surface area contributed by atoms with Gasteiger partial charge in [-0.05, 0) is 29.1 Å². The predicted molar refractivity (Wildman–Crippen MR) is 105 cm³/mol. The van der Waals surface area contributed by atoms with Gasteiger partial charge < -0.3 is 10.6 Å². The van der Waals surface area contributed by atoms with Gasteiger partial charge in [-0.25, -0.2) is 4.68 Å². The lowest BCUT2D eigenvalue weighted by molar-refractivity contribution is -0.116. The number of carbonyl (C=O) groups excluding carboxylic acids is 2. The maximum atomic E-state index is 12.1. The standard InChI is InChI=1S/C18H17BrN4O2S/c19-15-3-1-13(2-4-15)11-23-16(5-9-21-23)22-17(24)6-8-20-18(25)14-7-10-26-12-14/h1-5,7,9-10,12H,6,8,11H2,(H,20,25)(H,22,24). The molecule has 0 aliphatic heterocycles. The number of carbonyl (C=O) groups is 2. The van der Waals surface area contributed by atoms with Crippen molar-refractivity contribution in [1.82, 2.24) is 15.1 Å². The molecule has 1 aromatic carbocycles. The number of hydrogen-bond donors (Lipinski definition) is 2. The molecule has 0 atom stereocenters. The van der Waals surface area contributed by atoms with Gasteiger partial charge in [-0.1, -0.05) is 28.1 Å². The summed E-state index contributed by atoms with van der Waals surface area (Å²) < 4.78 is 2.74. The molecular formula is C18H17BrN4O2S. The van der Waals surface area contributed by atoms with Crippen molar-refractivity contribution >= 4 is 44.9 Å². The van der Waals surface area contributed by atoms with E-state index in [2.05, 4.69) is 31.7 Å². The van der Waals surface area contributed by atoms with Crippen molar-refractivity contribution in [2.24, 2.45) is 0 Å². The van der Waals surface area contributed by atoms with Crippen molar-refractivity contribution in [3.63, 3.8) is 0 Å². The summed E-state index contributed by atoms with van der Waals surface area (Å²) in [6.07, 6.45) is 1.84. The number of benzene rings is 1. The van der Waals surface area contributed by atoms with Crippen LogP contribution >= 0.6 is 27.3 Å². The van der Waals surface area contributed by atoms with Gasteiger partial charge in [0.2, 0.25) is 5.91 Å². The van der Waals surface area contributed by atoms with Gasteiger partial charge in [0.15, 0.2) is 0 Å². The molecule has 0 bridgehead atoms. The molecular weight excluding hydrogens is 416 g/mol. The number of hydrogen-bond acceptors (Lipinski definition) is 4. The lowest BCUT2D eigenvalue weighted by atomic mass is 10.2. The Balaban J connectivity index is 1.49. The van der Waals surface area contributed by atoms with Crippen LogP contribution in [0.5, 0.6) is 0 Å². The highest BCUT2D eigenvalue weighted by Crippen LogP contribution is 2.14. The van der Waals surface area contributed by atoms with E-state index in [1.54, 1.807) is 28.4 Å². The molecule has 0 saturated carbocycles. The topological polar surface area (TPSA) is 76.0 Å². The smallest absolute Gasteiger partial charge is 0.252 e. The Morgan fingerprint density at radius 2 is 1.96 bits per heavy atom. The Morgan fingerprint density at radius 1 is 1.15 bits per heavy atom. The van der Waals surface area contributed by atoms with Crippen molar-refractivity contribution < 1.29 is 9.59 Å². The third-order valence-electron chi connectivity index (χ3n) is 3.65. The van der Waals surface area contributed by atoms with Gasteiger partial charge >= 0.3 is 0 Å². The Labute approximate surface area is 163 Å². The first kappa shape index (κ1) is 18.3. The van der Waals surface area contributed by atoms with Crippen LogP contribution in [0.1, 0.15) is 22.3 Å². The largest absolute Gasteiger partial charge is 0.351 e. The van der Waals surface area contributed by atoms with Crippen LogP contribution in [0.4, 0.5) is 5.82 Å². The van der Waals surface area contributed by atoms with Crippen LogP contribution in [0.25, 0.3) is 0 Å². The minimum absolute atomic E-state index is 0.167. The molecule has 2 amide bonds. The summed E-state index contributed by atoms with van der Waals surface area (Å²) in [7, 11) is 0. The fourth-order valence-electron chi connectivity index (χ4n) is 2.32. The zero-order valence-electron chi connectivity index (χ0n) is 13.8. The number of halogens is 1. The second-order valence-electron chi connectivity index (χ2n) is 5.57. The van der Waals surface area contributed by atoms with Crippen LogP contribution in [0.2, 0.25) is 0 Å². The SMILES string of the molecule is O=C(CCNC(=O)c1ccsc1)Nc1ccnn1Cc1ccc(Br)cc1. The minimum Gasteiger partial charge on any atom is -0.351 e. The lowest BCUT2D eigenvalue weighted by Gasteiger charge is -2.10. The first-order chi connectivity index (χ1) is 12.6. The van der Waals surface area contributed by atoms with Gasteiger partial charge in [-0.2, -0.15) is 16.4 Å². The summed E-state index contributed by atoms with van der Waals surface area (Å²) >= 11 is 4.87. The summed E-state index contributed by atoms with van der Waals surface area (Å²) in [5.41, 5.74) is 1.69. The molecule has 2 N–H and O–H groups in total. The van der Waals surface area contributed by atoms with E-state index in [9.17, 15) is 9.59 Å². The third-order valence-corrected chi connectivity index (χ3v) is 4.86. The molecule has 3 aromatic rings. The molecule has 0 aliphatic rings. The van der Waals surface area contributed by atoms with Crippen LogP contribution in [0, 0.1) is 0 Å². The van der Waals surface area contributed by atoms with Gasteiger partial charge in [0.1, 0.15) is 5.82 Å². The van der Waals surface area contributed by atoms with Gasteiger partial charge in [0.05, 0.1) is 12.7 Å². The molecule has 2 aromatic heterocycles. The molecule has 3 rings (SSSR count). The zero-order chi connectivity index (χ0) is 18.4. The summed E-state index contributed by atoms with van der Waals surface area (Å²) in [5.74, 6) is 0.287. The Bertz CT molecular complexity index is 875. The number of anilines is 1. The highest BCUT2D eigenvalue weighted by Gasteiger charge is 2.10. The summed E-state index contributed by atoms with van der Waals surface area (Å²) in [4.78, 5) is 24.0. The van der Waals surface area contributed by atoms with E-state index >= 15 is 0 Å². The molecule has 0 radical (unpaired) electrons. The highest BCUT2D eigenvalue weighted by molar-refractivity contribution is 9.10. The number of thiophene rings is 1. The second-order valence-corrected chi connectivity index (χ2v) is 7.26. The zero-order valence-corrected chi connectivity index (χ0v) is 16.2. The first-order valence-corrected chi connectivity index (χ1v) is 9.72. The van der Waals surface area contributed by atoms with Crippen molar-refractivity contribution in [2.45, 2.75) is 13.0 Å². The molecule has 134 valence electrons. The van der Waals surface area contributed by atoms with Crippen LogP contribution in [0.3, 0.4) is 0 Å². The van der Waals surface area contributed by atoms with E-state index in [1.807, 2.05) is 29.6 Å². The summed E-state index contributed by atoms with van der Waals surface area (Å²) in [5, 5.41) is 13.4. The average Bonchev–Trinajstić information content (AvgIpc) is 3.29. The summed E-state index contributed by atoms with van der Waals surface area (Å²) in [6.45, 7) is 0.839. The van der Waals surface area contributed by atoms with Gasteiger partial charge in [0, 0.05) is 34.4 Å². The van der Waals surface area contributed by atoms with Gasteiger partial charge in [0.25, 0.3) is 5.91 Å². The maximum Gasteiger partial charge on any atom is 0.252 e. The predicted octanol–water partition coefficient (Wildman–Crippen LogP) is 3.51. The molecule has 0 aliphatic carbocycles. The van der Waals surface area contributed by atoms with Gasteiger partial charge in [-0.15, -0.1) is 0 Å². The van der Waals surface area contributed by atoms with Crippen molar-refractivity contribution in [3.05, 3.63) is 69.0 Å². The quantitative estimate of drug-likeness (QED) is 0.599. The molecule has 0 fully saturated rings. The Morgan fingerprint density at radius 3 is 2.69 bits per heavy atom. The molecule has 26 heavy (non-hydrogen) atoms.